The van der Waals surface area contributed by atoms with Crippen LogP contribution in [0.25, 0.3) is 11.0 Å². The molecule has 0 aliphatic heterocycles. The summed E-state index contributed by atoms with van der Waals surface area (Å²) in [4.78, 5) is 4.31. The second-order valence-corrected chi connectivity index (χ2v) is 5.48. The van der Waals surface area contributed by atoms with Crippen LogP contribution in [0.4, 0.5) is 4.39 Å². The highest BCUT2D eigenvalue weighted by molar-refractivity contribution is 7.98. The van der Waals surface area contributed by atoms with Crippen LogP contribution in [-0.2, 0) is 6.54 Å². The van der Waals surface area contributed by atoms with Gasteiger partial charge in [-0.2, -0.15) is 11.8 Å². The second kappa shape index (κ2) is 5.27. The molecular formula is C12H14ClFN2S. The van der Waals surface area contributed by atoms with Gasteiger partial charge < -0.3 is 4.57 Å². The topological polar surface area (TPSA) is 17.8 Å². The summed E-state index contributed by atoms with van der Waals surface area (Å²) >= 11 is 7.85. The van der Waals surface area contributed by atoms with Gasteiger partial charge in [0.05, 0.1) is 10.9 Å². The number of fused-ring (bicyclic) bond motifs is 1. The second-order valence-electron chi connectivity index (χ2n) is 3.84. The Morgan fingerprint density at radius 3 is 2.94 bits per heavy atom. The van der Waals surface area contributed by atoms with E-state index in [-0.39, 0.29) is 11.2 Å². The summed E-state index contributed by atoms with van der Waals surface area (Å²) in [5, 5.41) is -0.219. The average Bonchev–Trinajstić information content (AvgIpc) is 2.67. The van der Waals surface area contributed by atoms with Crippen molar-refractivity contribution in [1.82, 2.24) is 9.55 Å². The first-order valence-corrected chi connectivity index (χ1v) is 7.26. The van der Waals surface area contributed by atoms with Gasteiger partial charge in [-0.05, 0) is 25.3 Å². The van der Waals surface area contributed by atoms with Crippen molar-refractivity contribution in [1.29, 1.82) is 0 Å². The number of nitrogens with zero attached hydrogens (tertiary/aromatic N) is 2. The third kappa shape index (κ3) is 2.43. The van der Waals surface area contributed by atoms with E-state index in [4.69, 9.17) is 11.6 Å². The molecule has 0 amide bonds. The number of thioether (sulfide) groups is 1. The Labute approximate surface area is 109 Å². The van der Waals surface area contributed by atoms with Gasteiger partial charge in [-0.15, -0.1) is 11.6 Å². The number of halogens is 2. The van der Waals surface area contributed by atoms with Gasteiger partial charge in [-0.3, -0.25) is 0 Å². The van der Waals surface area contributed by atoms with Gasteiger partial charge in [0.2, 0.25) is 0 Å². The maximum Gasteiger partial charge on any atom is 0.151 e. The first-order valence-electron chi connectivity index (χ1n) is 5.42. The molecule has 0 saturated carbocycles. The molecule has 2 aromatic rings. The molecule has 0 bridgehead atoms. The van der Waals surface area contributed by atoms with Crippen LogP contribution < -0.4 is 0 Å². The lowest BCUT2D eigenvalue weighted by Crippen LogP contribution is -2.06. The van der Waals surface area contributed by atoms with Gasteiger partial charge in [0.25, 0.3) is 0 Å². The van der Waals surface area contributed by atoms with Crippen molar-refractivity contribution in [3.8, 4) is 0 Å². The monoisotopic (exact) mass is 272 g/mol. The van der Waals surface area contributed by atoms with Crippen molar-refractivity contribution < 1.29 is 4.39 Å². The Bertz CT molecular complexity index is 524. The van der Waals surface area contributed by atoms with E-state index in [0.29, 0.717) is 5.52 Å². The minimum atomic E-state index is -0.288. The molecule has 92 valence electrons. The molecule has 0 fully saturated rings. The van der Waals surface area contributed by atoms with Crippen molar-refractivity contribution in [2.45, 2.75) is 18.8 Å². The van der Waals surface area contributed by atoms with Gasteiger partial charge in [0, 0.05) is 12.3 Å². The van der Waals surface area contributed by atoms with Crippen molar-refractivity contribution in [3.05, 3.63) is 29.8 Å². The van der Waals surface area contributed by atoms with E-state index in [1.807, 2.05) is 23.8 Å². The predicted molar refractivity (Wildman–Crippen MR) is 72.3 cm³/mol. The first-order chi connectivity index (χ1) is 8.15. The van der Waals surface area contributed by atoms with E-state index < -0.39 is 0 Å². The summed E-state index contributed by atoms with van der Waals surface area (Å²) in [7, 11) is 0. The minimum Gasteiger partial charge on any atom is -0.326 e. The molecule has 2 rings (SSSR count). The summed E-state index contributed by atoms with van der Waals surface area (Å²) in [6.07, 6.45) is 2.05. The molecule has 2 nitrogen and oxygen atoms in total. The fourth-order valence-electron chi connectivity index (χ4n) is 1.85. The molecule has 0 radical (unpaired) electrons. The SMILES string of the molecule is CSCCn1c(C(C)Cl)nc2c(F)cccc21. The van der Waals surface area contributed by atoms with Crippen molar-refractivity contribution in [2.75, 3.05) is 12.0 Å². The number of alkyl halides is 1. The minimum absolute atomic E-state index is 0.219. The molecule has 0 spiro atoms. The zero-order chi connectivity index (χ0) is 12.4. The molecule has 1 heterocycles. The number of aryl methyl sites for hydroxylation is 1. The third-order valence-electron chi connectivity index (χ3n) is 2.63. The average molecular weight is 273 g/mol. The number of para-hydroxylation sites is 1. The lowest BCUT2D eigenvalue weighted by atomic mass is 10.3. The Kier molecular flexibility index (Phi) is 3.94. The Morgan fingerprint density at radius 1 is 1.53 bits per heavy atom. The molecule has 5 heteroatoms. The van der Waals surface area contributed by atoms with Crippen LogP contribution in [0.2, 0.25) is 0 Å². The van der Waals surface area contributed by atoms with Crippen molar-refractivity contribution in [3.63, 3.8) is 0 Å². The fraction of sp³-hybridized carbons (Fsp3) is 0.417. The zero-order valence-electron chi connectivity index (χ0n) is 9.78. The Hall–Kier alpha value is -0.740. The van der Waals surface area contributed by atoms with E-state index in [0.717, 1.165) is 23.6 Å². The van der Waals surface area contributed by atoms with Crippen LogP contribution in [0.1, 0.15) is 18.1 Å². The number of aromatic nitrogens is 2. The summed E-state index contributed by atoms with van der Waals surface area (Å²) in [6.45, 7) is 2.66. The smallest absolute Gasteiger partial charge is 0.151 e. The molecule has 0 aliphatic rings. The highest BCUT2D eigenvalue weighted by Crippen LogP contribution is 2.26. The Balaban J connectivity index is 2.59. The molecular weight excluding hydrogens is 259 g/mol. The van der Waals surface area contributed by atoms with Gasteiger partial charge in [0.15, 0.2) is 5.82 Å². The van der Waals surface area contributed by atoms with Crippen LogP contribution in [-0.4, -0.2) is 21.6 Å². The van der Waals surface area contributed by atoms with Crippen LogP contribution in [0.5, 0.6) is 0 Å². The standard InChI is InChI=1S/C12H14ClFN2S/c1-8(13)12-15-11-9(14)4-3-5-10(11)16(12)6-7-17-2/h3-5,8H,6-7H2,1-2H3. The highest BCUT2D eigenvalue weighted by atomic mass is 35.5. The van der Waals surface area contributed by atoms with E-state index in [9.17, 15) is 4.39 Å². The number of rotatable bonds is 4. The molecule has 1 aromatic heterocycles. The summed E-state index contributed by atoms with van der Waals surface area (Å²) in [5.41, 5.74) is 1.23. The van der Waals surface area contributed by atoms with Gasteiger partial charge in [-0.25, -0.2) is 9.37 Å². The summed E-state index contributed by atoms with van der Waals surface area (Å²) < 4.78 is 15.6. The van der Waals surface area contributed by atoms with E-state index in [2.05, 4.69) is 4.98 Å². The van der Waals surface area contributed by atoms with Gasteiger partial charge in [-0.1, -0.05) is 6.07 Å². The largest absolute Gasteiger partial charge is 0.326 e. The van der Waals surface area contributed by atoms with Gasteiger partial charge in [0.1, 0.15) is 11.3 Å². The van der Waals surface area contributed by atoms with Crippen LogP contribution in [0.3, 0.4) is 0 Å². The number of hydrogen-bond donors (Lipinski definition) is 0. The first kappa shape index (κ1) is 12.7. The predicted octanol–water partition coefficient (Wildman–Crippen LogP) is 3.84. The Morgan fingerprint density at radius 2 is 2.29 bits per heavy atom. The van der Waals surface area contributed by atoms with E-state index in [1.54, 1.807) is 17.8 Å². The molecule has 0 aliphatic carbocycles. The lowest BCUT2D eigenvalue weighted by molar-refractivity contribution is 0.637. The summed E-state index contributed by atoms with van der Waals surface area (Å²) in [6, 6.07) is 5.02. The quantitative estimate of drug-likeness (QED) is 0.787. The zero-order valence-corrected chi connectivity index (χ0v) is 11.4. The molecule has 1 unspecified atom stereocenters. The molecule has 0 N–H and O–H groups in total. The summed E-state index contributed by atoms with van der Waals surface area (Å²) in [5.74, 6) is 1.41. The van der Waals surface area contributed by atoms with Crippen molar-refractivity contribution >= 4 is 34.4 Å². The number of imidazole rings is 1. The number of hydrogen-bond acceptors (Lipinski definition) is 2. The van der Waals surface area contributed by atoms with Crippen molar-refractivity contribution in [2.24, 2.45) is 0 Å². The lowest BCUT2D eigenvalue weighted by Gasteiger charge is -2.09. The molecule has 17 heavy (non-hydrogen) atoms. The van der Waals surface area contributed by atoms with Crippen LogP contribution in [0.15, 0.2) is 18.2 Å². The van der Waals surface area contributed by atoms with Crippen LogP contribution in [0, 0.1) is 5.82 Å². The van der Waals surface area contributed by atoms with Gasteiger partial charge >= 0.3 is 0 Å². The fourth-order valence-corrected chi connectivity index (χ4v) is 2.38. The molecule has 0 saturated heterocycles. The van der Waals surface area contributed by atoms with E-state index in [1.165, 1.54) is 6.07 Å². The number of benzene rings is 1. The molecule has 1 atom stereocenters. The molecule has 1 aromatic carbocycles. The van der Waals surface area contributed by atoms with E-state index >= 15 is 0 Å². The normalized spacial score (nSPS) is 13.2. The maximum absolute atomic E-state index is 13.6. The van der Waals surface area contributed by atoms with Crippen LogP contribution >= 0.6 is 23.4 Å². The maximum atomic E-state index is 13.6. The highest BCUT2D eigenvalue weighted by Gasteiger charge is 2.16. The third-order valence-corrected chi connectivity index (χ3v) is 3.42.